The summed E-state index contributed by atoms with van der Waals surface area (Å²) >= 11 is 0. The highest BCUT2D eigenvalue weighted by Crippen LogP contribution is 2.23. The van der Waals surface area contributed by atoms with Gasteiger partial charge in [0.05, 0.1) is 19.3 Å². The Hall–Kier alpha value is -1.79. The Bertz CT molecular complexity index is 484. The summed E-state index contributed by atoms with van der Waals surface area (Å²) in [5.74, 6) is 0.347. The maximum absolute atomic E-state index is 12.2. The van der Waals surface area contributed by atoms with E-state index in [9.17, 15) is 4.79 Å². The number of nitrogens with two attached hydrogens (primary N) is 1. The first-order chi connectivity index (χ1) is 9.60. The van der Waals surface area contributed by atoms with E-state index in [2.05, 4.69) is 5.32 Å². The standard InChI is InChI=1S/C14H20N2O4/c1-18-10-3-4-12(15)11(7-10)13(17)16-8-14(19-2)5-6-20-9-14/h3-4,7H,5-6,8-9,15H2,1-2H3,(H,16,17). The van der Waals surface area contributed by atoms with Gasteiger partial charge in [0.2, 0.25) is 0 Å². The lowest BCUT2D eigenvalue weighted by Gasteiger charge is -2.26. The van der Waals surface area contributed by atoms with Crippen LogP contribution < -0.4 is 15.8 Å². The Kier molecular flexibility index (Phi) is 4.46. The molecule has 1 heterocycles. The molecule has 1 aliphatic rings. The molecule has 3 N–H and O–H groups in total. The number of carbonyl (C=O) groups excluding carboxylic acids is 1. The zero-order valence-corrected chi connectivity index (χ0v) is 11.8. The van der Waals surface area contributed by atoms with Gasteiger partial charge in [-0.15, -0.1) is 0 Å². The molecule has 0 spiro atoms. The van der Waals surface area contributed by atoms with Crippen molar-refractivity contribution in [2.24, 2.45) is 0 Å². The van der Waals surface area contributed by atoms with E-state index in [4.69, 9.17) is 19.9 Å². The summed E-state index contributed by atoms with van der Waals surface area (Å²) in [6.45, 7) is 1.52. The van der Waals surface area contributed by atoms with Crippen LogP contribution in [0.1, 0.15) is 16.8 Å². The van der Waals surface area contributed by atoms with Crippen LogP contribution in [-0.4, -0.2) is 45.5 Å². The van der Waals surface area contributed by atoms with Crippen molar-refractivity contribution in [3.63, 3.8) is 0 Å². The molecule has 0 radical (unpaired) electrons. The Morgan fingerprint density at radius 3 is 2.90 bits per heavy atom. The van der Waals surface area contributed by atoms with E-state index >= 15 is 0 Å². The number of nitrogens with one attached hydrogen (secondary N) is 1. The van der Waals surface area contributed by atoms with Gasteiger partial charge in [-0.05, 0) is 18.2 Å². The molecular formula is C14H20N2O4. The average Bonchev–Trinajstić information content (AvgIpc) is 2.95. The van der Waals surface area contributed by atoms with Gasteiger partial charge in [0.25, 0.3) is 5.91 Å². The molecule has 1 aromatic carbocycles. The van der Waals surface area contributed by atoms with Gasteiger partial charge in [-0.1, -0.05) is 0 Å². The minimum absolute atomic E-state index is 0.246. The first-order valence-corrected chi connectivity index (χ1v) is 6.45. The van der Waals surface area contributed by atoms with Crippen LogP contribution in [0.5, 0.6) is 5.75 Å². The predicted molar refractivity (Wildman–Crippen MR) is 74.9 cm³/mol. The average molecular weight is 280 g/mol. The summed E-state index contributed by atoms with van der Waals surface area (Å²) in [5, 5.41) is 2.85. The molecule has 0 saturated carbocycles. The lowest BCUT2D eigenvalue weighted by molar-refractivity contribution is -0.0148. The highest BCUT2D eigenvalue weighted by Gasteiger charge is 2.35. The van der Waals surface area contributed by atoms with Crippen molar-refractivity contribution in [1.29, 1.82) is 0 Å². The number of hydrogen-bond donors (Lipinski definition) is 2. The topological polar surface area (TPSA) is 82.8 Å². The summed E-state index contributed by atoms with van der Waals surface area (Å²) in [7, 11) is 3.17. The lowest BCUT2D eigenvalue weighted by atomic mass is 10.0. The summed E-state index contributed by atoms with van der Waals surface area (Å²) in [6, 6.07) is 4.99. The van der Waals surface area contributed by atoms with Crippen LogP contribution in [0.25, 0.3) is 0 Å². The number of nitrogen functional groups attached to an aromatic ring is 1. The van der Waals surface area contributed by atoms with Gasteiger partial charge in [0.1, 0.15) is 11.4 Å². The van der Waals surface area contributed by atoms with Gasteiger partial charge in [0, 0.05) is 32.4 Å². The van der Waals surface area contributed by atoms with Crippen LogP contribution >= 0.6 is 0 Å². The maximum Gasteiger partial charge on any atom is 0.253 e. The van der Waals surface area contributed by atoms with Crippen molar-refractivity contribution in [3.8, 4) is 5.75 Å². The minimum atomic E-state index is -0.441. The second-order valence-electron chi connectivity index (χ2n) is 4.83. The van der Waals surface area contributed by atoms with Crippen LogP contribution in [-0.2, 0) is 9.47 Å². The van der Waals surface area contributed by atoms with Crippen molar-refractivity contribution in [2.45, 2.75) is 12.0 Å². The van der Waals surface area contributed by atoms with Crippen LogP contribution in [0.4, 0.5) is 5.69 Å². The molecule has 1 unspecified atom stereocenters. The molecule has 0 bridgehead atoms. The first-order valence-electron chi connectivity index (χ1n) is 6.45. The largest absolute Gasteiger partial charge is 0.497 e. The molecule has 1 aliphatic heterocycles. The number of benzene rings is 1. The van der Waals surface area contributed by atoms with Crippen LogP contribution in [0.3, 0.4) is 0 Å². The van der Waals surface area contributed by atoms with E-state index in [-0.39, 0.29) is 5.91 Å². The number of hydrogen-bond acceptors (Lipinski definition) is 5. The molecule has 6 nitrogen and oxygen atoms in total. The van der Waals surface area contributed by atoms with E-state index in [1.807, 2.05) is 0 Å². The molecule has 1 aromatic rings. The SMILES string of the molecule is COc1ccc(N)c(C(=O)NCC2(OC)CCOC2)c1. The fourth-order valence-corrected chi connectivity index (χ4v) is 2.16. The molecule has 2 rings (SSSR count). The second kappa shape index (κ2) is 6.11. The van der Waals surface area contributed by atoms with Crippen molar-refractivity contribution >= 4 is 11.6 Å². The Morgan fingerprint density at radius 1 is 1.50 bits per heavy atom. The van der Waals surface area contributed by atoms with Gasteiger partial charge in [-0.3, -0.25) is 4.79 Å². The quantitative estimate of drug-likeness (QED) is 0.780. The molecule has 1 fully saturated rings. The monoisotopic (exact) mass is 280 g/mol. The Balaban J connectivity index is 2.04. The van der Waals surface area contributed by atoms with Gasteiger partial charge in [-0.25, -0.2) is 0 Å². The number of methoxy groups -OCH3 is 2. The smallest absolute Gasteiger partial charge is 0.253 e. The van der Waals surface area contributed by atoms with E-state index in [0.717, 1.165) is 6.42 Å². The maximum atomic E-state index is 12.2. The number of amides is 1. The molecule has 0 aromatic heterocycles. The zero-order chi connectivity index (χ0) is 14.6. The number of anilines is 1. The summed E-state index contributed by atoms with van der Waals surface area (Å²) in [4.78, 5) is 12.2. The van der Waals surface area contributed by atoms with E-state index < -0.39 is 5.60 Å². The second-order valence-corrected chi connectivity index (χ2v) is 4.83. The lowest BCUT2D eigenvalue weighted by Crippen LogP contribution is -2.45. The molecule has 1 atom stereocenters. The molecule has 6 heteroatoms. The first kappa shape index (κ1) is 14.6. The third-order valence-electron chi connectivity index (χ3n) is 3.58. The molecule has 20 heavy (non-hydrogen) atoms. The fraction of sp³-hybridized carbons (Fsp3) is 0.500. The van der Waals surface area contributed by atoms with Gasteiger partial charge < -0.3 is 25.3 Å². The van der Waals surface area contributed by atoms with Crippen molar-refractivity contribution in [2.75, 3.05) is 39.7 Å². The van der Waals surface area contributed by atoms with Crippen molar-refractivity contribution in [1.82, 2.24) is 5.32 Å². The number of carbonyl (C=O) groups is 1. The third kappa shape index (κ3) is 3.02. The fourth-order valence-electron chi connectivity index (χ4n) is 2.16. The highest BCUT2D eigenvalue weighted by molar-refractivity contribution is 5.99. The normalized spacial score (nSPS) is 21.7. The van der Waals surface area contributed by atoms with Gasteiger partial charge >= 0.3 is 0 Å². The van der Waals surface area contributed by atoms with Gasteiger partial charge in [-0.2, -0.15) is 0 Å². The number of rotatable bonds is 5. The summed E-state index contributed by atoms with van der Waals surface area (Å²) < 4.78 is 15.9. The molecule has 1 amide bonds. The van der Waals surface area contributed by atoms with Gasteiger partial charge in [0.15, 0.2) is 0 Å². The molecule has 1 saturated heterocycles. The predicted octanol–water partition coefficient (Wildman–Crippen LogP) is 0.813. The van der Waals surface area contributed by atoms with Crippen LogP contribution in [0.15, 0.2) is 18.2 Å². The number of ether oxygens (including phenoxy) is 3. The molecule has 0 aliphatic carbocycles. The van der Waals surface area contributed by atoms with E-state index in [0.29, 0.717) is 36.8 Å². The molecule has 110 valence electrons. The third-order valence-corrected chi connectivity index (χ3v) is 3.58. The molecular weight excluding hydrogens is 260 g/mol. The van der Waals surface area contributed by atoms with Crippen LogP contribution in [0.2, 0.25) is 0 Å². The Morgan fingerprint density at radius 2 is 2.30 bits per heavy atom. The summed E-state index contributed by atoms with van der Waals surface area (Å²) in [6.07, 6.45) is 0.761. The Labute approximate surface area is 118 Å². The van der Waals surface area contributed by atoms with Crippen molar-refractivity contribution in [3.05, 3.63) is 23.8 Å². The highest BCUT2D eigenvalue weighted by atomic mass is 16.5. The minimum Gasteiger partial charge on any atom is -0.497 e. The van der Waals surface area contributed by atoms with E-state index in [1.54, 1.807) is 32.4 Å². The summed E-state index contributed by atoms with van der Waals surface area (Å²) in [5.41, 5.74) is 6.19. The van der Waals surface area contributed by atoms with Crippen molar-refractivity contribution < 1.29 is 19.0 Å². The van der Waals surface area contributed by atoms with Crippen LogP contribution in [0, 0.1) is 0 Å². The van der Waals surface area contributed by atoms with E-state index in [1.165, 1.54) is 0 Å². The zero-order valence-electron chi connectivity index (χ0n) is 11.8.